The molecule has 2 aromatic rings. The maximum Gasteiger partial charge on any atom is 0.270 e. The molecule has 1 saturated heterocycles. The Balaban J connectivity index is 1.90. The van der Waals surface area contributed by atoms with Crippen molar-refractivity contribution < 1.29 is 4.79 Å². The van der Waals surface area contributed by atoms with Crippen LogP contribution in [0.25, 0.3) is 10.9 Å². The molecule has 1 amide bonds. The van der Waals surface area contributed by atoms with E-state index in [1.807, 2.05) is 40.9 Å². The minimum Gasteiger partial charge on any atom is -0.397 e. The van der Waals surface area contributed by atoms with Crippen LogP contribution in [-0.2, 0) is 0 Å². The van der Waals surface area contributed by atoms with Crippen LogP contribution in [0.2, 0.25) is 0 Å². The Labute approximate surface area is 122 Å². The van der Waals surface area contributed by atoms with E-state index in [1.165, 1.54) is 0 Å². The summed E-state index contributed by atoms with van der Waals surface area (Å²) in [5.74, 6) is 0.0691. The van der Waals surface area contributed by atoms with Gasteiger partial charge in [0.15, 0.2) is 0 Å². The van der Waals surface area contributed by atoms with Crippen molar-refractivity contribution in [2.45, 2.75) is 24.3 Å². The summed E-state index contributed by atoms with van der Waals surface area (Å²) in [6, 6.07) is 7.61. The third-order valence-corrected chi connectivity index (χ3v) is 4.85. The second kappa shape index (κ2) is 5.05. The molecule has 106 valence electrons. The molecule has 0 radical (unpaired) electrons. The summed E-state index contributed by atoms with van der Waals surface area (Å²) in [5, 5.41) is 1.95. The van der Waals surface area contributed by atoms with Gasteiger partial charge >= 0.3 is 0 Å². The van der Waals surface area contributed by atoms with Gasteiger partial charge < -0.3 is 15.6 Å². The highest BCUT2D eigenvalue weighted by atomic mass is 32.2. The van der Waals surface area contributed by atoms with E-state index in [-0.39, 0.29) is 5.91 Å². The monoisotopic (exact) mass is 289 g/mol. The Bertz CT molecular complexity index is 642. The molecule has 1 aliphatic rings. The molecule has 1 fully saturated rings. The number of amides is 1. The van der Waals surface area contributed by atoms with Crippen LogP contribution in [0, 0.1) is 0 Å². The fourth-order valence-corrected chi connectivity index (χ4v) is 4.13. The minimum atomic E-state index is 0.0691. The van der Waals surface area contributed by atoms with Crippen molar-refractivity contribution in [3.8, 4) is 0 Å². The lowest BCUT2D eigenvalue weighted by Gasteiger charge is -2.34. The number of nitrogens with two attached hydrogens (primary N) is 1. The molecule has 4 nitrogen and oxygen atoms in total. The first-order valence-corrected chi connectivity index (χ1v) is 7.81. The lowest BCUT2D eigenvalue weighted by atomic mass is 10.2. The SMILES string of the molecule is CC1CN(C(=O)c2cc3cccc(N)c3[nH]2)CC(C)S1. The van der Waals surface area contributed by atoms with Gasteiger partial charge in [0.2, 0.25) is 0 Å². The molecule has 1 aromatic heterocycles. The van der Waals surface area contributed by atoms with Crippen molar-refractivity contribution >= 4 is 34.3 Å². The fraction of sp³-hybridized carbons (Fsp3) is 0.400. The van der Waals surface area contributed by atoms with Gasteiger partial charge in [-0.05, 0) is 12.1 Å². The van der Waals surface area contributed by atoms with E-state index in [9.17, 15) is 4.79 Å². The summed E-state index contributed by atoms with van der Waals surface area (Å²) in [5.41, 5.74) is 8.09. The van der Waals surface area contributed by atoms with Crippen LogP contribution in [0.4, 0.5) is 5.69 Å². The van der Waals surface area contributed by atoms with Crippen LogP contribution in [0.1, 0.15) is 24.3 Å². The van der Waals surface area contributed by atoms with Crippen LogP contribution < -0.4 is 5.73 Å². The second-order valence-electron chi connectivity index (χ2n) is 5.46. The predicted molar refractivity (Wildman–Crippen MR) is 85.1 cm³/mol. The number of para-hydroxylation sites is 1. The predicted octanol–water partition coefficient (Wildman–Crippen LogP) is 2.72. The molecule has 0 aliphatic carbocycles. The van der Waals surface area contributed by atoms with Crippen molar-refractivity contribution in [2.24, 2.45) is 0 Å². The van der Waals surface area contributed by atoms with Crippen LogP contribution in [-0.4, -0.2) is 39.4 Å². The van der Waals surface area contributed by atoms with Gasteiger partial charge in [-0.25, -0.2) is 0 Å². The number of carbonyl (C=O) groups excluding carboxylic acids is 1. The van der Waals surface area contributed by atoms with Crippen molar-refractivity contribution in [1.29, 1.82) is 0 Å². The minimum absolute atomic E-state index is 0.0691. The zero-order valence-corrected chi connectivity index (χ0v) is 12.5. The number of anilines is 1. The summed E-state index contributed by atoms with van der Waals surface area (Å²) < 4.78 is 0. The first-order valence-electron chi connectivity index (χ1n) is 6.86. The molecular formula is C15H19N3OS. The van der Waals surface area contributed by atoms with E-state index in [4.69, 9.17) is 5.73 Å². The van der Waals surface area contributed by atoms with Crippen molar-refractivity contribution in [2.75, 3.05) is 18.8 Å². The Morgan fingerprint density at radius 2 is 2.05 bits per heavy atom. The van der Waals surface area contributed by atoms with Gasteiger partial charge in [-0.1, -0.05) is 26.0 Å². The molecule has 1 aromatic carbocycles. The number of fused-ring (bicyclic) bond motifs is 1. The number of H-pyrrole nitrogens is 1. The van der Waals surface area contributed by atoms with E-state index in [1.54, 1.807) is 0 Å². The molecule has 0 bridgehead atoms. The summed E-state index contributed by atoms with van der Waals surface area (Å²) >= 11 is 1.94. The molecule has 2 heterocycles. The summed E-state index contributed by atoms with van der Waals surface area (Å²) in [4.78, 5) is 17.7. The zero-order valence-electron chi connectivity index (χ0n) is 11.7. The van der Waals surface area contributed by atoms with Crippen molar-refractivity contribution in [1.82, 2.24) is 9.88 Å². The number of nitrogens with zero attached hydrogens (tertiary/aromatic N) is 1. The number of aromatic nitrogens is 1. The topological polar surface area (TPSA) is 62.1 Å². The molecule has 2 unspecified atom stereocenters. The molecule has 20 heavy (non-hydrogen) atoms. The van der Waals surface area contributed by atoms with E-state index in [0.717, 1.165) is 24.0 Å². The normalized spacial score (nSPS) is 23.2. The zero-order chi connectivity index (χ0) is 14.3. The Hall–Kier alpha value is -1.62. The lowest BCUT2D eigenvalue weighted by Crippen LogP contribution is -2.44. The average molecular weight is 289 g/mol. The third kappa shape index (κ3) is 2.38. The standard InChI is InChI=1S/C15H19N3OS/c1-9-7-18(8-10(2)20-9)15(19)13-6-11-4-3-5-12(16)14(11)17-13/h3-6,9-10,17H,7-8,16H2,1-2H3. The Morgan fingerprint density at radius 1 is 1.35 bits per heavy atom. The molecular weight excluding hydrogens is 270 g/mol. The fourth-order valence-electron chi connectivity index (χ4n) is 2.81. The molecule has 0 saturated carbocycles. The molecule has 1 aliphatic heterocycles. The largest absolute Gasteiger partial charge is 0.397 e. The average Bonchev–Trinajstić information content (AvgIpc) is 2.82. The number of benzene rings is 1. The number of rotatable bonds is 1. The first-order chi connectivity index (χ1) is 9.54. The number of hydrogen-bond donors (Lipinski definition) is 2. The summed E-state index contributed by atoms with van der Waals surface area (Å²) in [6.07, 6.45) is 0. The maximum atomic E-state index is 12.6. The van der Waals surface area contributed by atoms with Gasteiger partial charge in [-0.3, -0.25) is 4.79 Å². The highest BCUT2D eigenvalue weighted by molar-refractivity contribution is 8.00. The third-order valence-electron chi connectivity index (χ3n) is 3.63. The Morgan fingerprint density at radius 3 is 2.70 bits per heavy atom. The highest BCUT2D eigenvalue weighted by Gasteiger charge is 2.27. The van der Waals surface area contributed by atoms with Gasteiger partial charge in [-0.15, -0.1) is 0 Å². The van der Waals surface area contributed by atoms with Gasteiger partial charge in [-0.2, -0.15) is 11.8 Å². The molecule has 3 rings (SSSR count). The Kier molecular flexibility index (Phi) is 3.38. The molecule has 5 heteroatoms. The van der Waals surface area contributed by atoms with Gasteiger partial charge in [0.05, 0.1) is 11.2 Å². The maximum absolute atomic E-state index is 12.6. The van der Waals surface area contributed by atoms with Crippen LogP contribution in [0.5, 0.6) is 0 Å². The lowest BCUT2D eigenvalue weighted by molar-refractivity contribution is 0.0748. The van der Waals surface area contributed by atoms with Crippen molar-refractivity contribution in [3.63, 3.8) is 0 Å². The molecule has 3 N–H and O–H groups in total. The number of thioether (sulfide) groups is 1. The quantitative estimate of drug-likeness (QED) is 0.793. The van der Waals surface area contributed by atoms with Crippen LogP contribution in [0.15, 0.2) is 24.3 Å². The summed E-state index contributed by atoms with van der Waals surface area (Å²) in [7, 11) is 0. The number of carbonyl (C=O) groups is 1. The van der Waals surface area contributed by atoms with E-state index in [2.05, 4.69) is 18.8 Å². The first kappa shape index (κ1) is 13.4. The molecule has 2 atom stereocenters. The number of hydrogen-bond acceptors (Lipinski definition) is 3. The highest BCUT2D eigenvalue weighted by Crippen LogP contribution is 2.27. The van der Waals surface area contributed by atoms with Crippen molar-refractivity contribution in [3.05, 3.63) is 30.0 Å². The van der Waals surface area contributed by atoms with E-state index >= 15 is 0 Å². The van der Waals surface area contributed by atoms with Gasteiger partial charge in [0.25, 0.3) is 5.91 Å². The number of nitrogen functional groups attached to an aromatic ring is 1. The van der Waals surface area contributed by atoms with E-state index < -0.39 is 0 Å². The number of nitrogens with one attached hydrogen (secondary N) is 1. The number of aromatic amines is 1. The second-order valence-corrected chi connectivity index (χ2v) is 7.34. The van der Waals surface area contributed by atoms with Crippen LogP contribution in [0.3, 0.4) is 0 Å². The summed E-state index contributed by atoms with van der Waals surface area (Å²) in [6.45, 7) is 5.95. The smallest absolute Gasteiger partial charge is 0.270 e. The van der Waals surface area contributed by atoms with Crippen LogP contribution >= 0.6 is 11.8 Å². The van der Waals surface area contributed by atoms with E-state index in [0.29, 0.717) is 21.9 Å². The molecule has 0 spiro atoms. The van der Waals surface area contributed by atoms with Gasteiger partial charge in [0, 0.05) is 29.0 Å². The van der Waals surface area contributed by atoms with Gasteiger partial charge in [0.1, 0.15) is 5.69 Å².